The van der Waals surface area contributed by atoms with Gasteiger partial charge in [-0.15, -0.1) is 0 Å². The van der Waals surface area contributed by atoms with Crippen molar-refractivity contribution in [1.82, 2.24) is 9.97 Å². The number of rotatable bonds is 2. The molecule has 0 saturated carbocycles. The summed E-state index contributed by atoms with van der Waals surface area (Å²) in [6.07, 6.45) is 2.92. The molecule has 0 fully saturated rings. The van der Waals surface area contributed by atoms with Crippen molar-refractivity contribution in [2.75, 3.05) is 5.32 Å². The van der Waals surface area contributed by atoms with E-state index in [0.29, 0.717) is 15.0 Å². The number of carbonyl (C=O) groups is 1. The molecule has 1 amide bonds. The number of aromatic nitrogens is 2. The molecule has 0 unspecified atom stereocenters. The van der Waals surface area contributed by atoms with Crippen molar-refractivity contribution < 1.29 is 9.21 Å². The minimum absolute atomic E-state index is 0.219. The molecule has 2 rings (SSSR count). The number of furan rings is 1. The molecular formula is C9H5Br2N3O2. The lowest BCUT2D eigenvalue weighted by molar-refractivity contribution is 0.0996. The van der Waals surface area contributed by atoms with Gasteiger partial charge in [-0.2, -0.15) is 0 Å². The molecule has 2 heterocycles. The summed E-state index contributed by atoms with van der Waals surface area (Å²) in [5.74, 6) is 0.184. The third-order valence-electron chi connectivity index (χ3n) is 1.68. The number of hydrogen-bond donors (Lipinski definition) is 1. The van der Waals surface area contributed by atoms with Gasteiger partial charge in [0.05, 0.1) is 12.5 Å². The molecule has 2 aromatic heterocycles. The largest absolute Gasteiger partial charge is 0.459 e. The van der Waals surface area contributed by atoms with Gasteiger partial charge in [-0.1, -0.05) is 0 Å². The van der Waals surface area contributed by atoms with Gasteiger partial charge in [0.25, 0.3) is 5.91 Å². The topological polar surface area (TPSA) is 68.0 Å². The highest BCUT2D eigenvalue weighted by molar-refractivity contribution is 9.11. The molecule has 5 nitrogen and oxygen atoms in total. The first-order valence-electron chi connectivity index (χ1n) is 4.19. The van der Waals surface area contributed by atoms with Crippen LogP contribution in [0, 0.1) is 0 Å². The van der Waals surface area contributed by atoms with Gasteiger partial charge in [0.2, 0.25) is 0 Å². The highest BCUT2D eigenvalue weighted by atomic mass is 79.9. The summed E-state index contributed by atoms with van der Waals surface area (Å²) in [6, 6.07) is 3.20. The van der Waals surface area contributed by atoms with Crippen LogP contribution in [0.25, 0.3) is 0 Å². The van der Waals surface area contributed by atoms with Gasteiger partial charge in [0.15, 0.2) is 11.6 Å². The first kappa shape index (κ1) is 11.3. The predicted molar refractivity (Wildman–Crippen MR) is 64.1 cm³/mol. The van der Waals surface area contributed by atoms with Crippen molar-refractivity contribution in [3.8, 4) is 0 Å². The number of amides is 1. The summed E-state index contributed by atoms with van der Waals surface area (Å²) in [5, 5.41) is 2.57. The lowest BCUT2D eigenvalue weighted by Crippen LogP contribution is -2.12. The molecule has 0 saturated heterocycles. The fourth-order valence-electron chi connectivity index (χ4n) is 1.01. The summed E-state index contributed by atoms with van der Waals surface area (Å²) >= 11 is 6.36. The molecule has 7 heteroatoms. The molecule has 0 aliphatic carbocycles. The zero-order chi connectivity index (χ0) is 11.5. The van der Waals surface area contributed by atoms with Crippen LogP contribution in [0.1, 0.15) is 10.6 Å². The summed E-state index contributed by atoms with van der Waals surface area (Å²) in [5.41, 5.74) is 0. The Labute approximate surface area is 108 Å². The van der Waals surface area contributed by atoms with Crippen LogP contribution in [-0.4, -0.2) is 15.9 Å². The average molecular weight is 347 g/mol. The number of hydrogen-bond acceptors (Lipinski definition) is 4. The van der Waals surface area contributed by atoms with Crippen LogP contribution < -0.4 is 5.32 Å². The quantitative estimate of drug-likeness (QED) is 0.907. The Kier molecular flexibility index (Phi) is 3.35. The predicted octanol–water partition coefficient (Wildman–Crippen LogP) is 2.85. The normalized spacial score (nSPS) is 10.1. The molecule has 0 aromatic carbocycles. The highest BCUT2D eigenvalue weighted by Gasteiger charge is 2.12. The molecule has 0 aliphatic rings. The van der Waals surface area contributed by atoms with Gasteiger partial charge in [0.1, 0.15) is 9.21 Å². The number of carbonyl (C=O) groups excluding carboxylic acids is 1. The summed E-state index contributed by atoms with van der Waals surface area (Å²) < 4.78 is 5.97. The van der Waals surface area contributed by atoms with Gasteiger partial charge in [-0.05, 0) is 44.0 Å². The molecule has 2 aromatic rings. The fourth-order valence-corrected chi connectivity index (χ4v) is 1.92. The van der Waals surface area contributed by atoms with E-state index in [1.54, 1.807) is 12.1 Å². The van der Waals surface area contributed by atoms with Crippen LogP contribution in [0.15, 0.2) is 38.2 Å². The number of halogens is 2. The Bertz CT molecular complexity index is 513. The molecule has 16 heavy (non-hydrogen) atoms. The van der Waals surface area contributed by atoms with Crippen LogP contribution in [0.2, 0.25) is 0 Å². The van der Waals surface area contributed by atoms with E-state index in [1.165, 1.54) is 12.5 Å². The molecule has 1 N–H and O–H groups in total. The number of anilines is 1. The van der Waals surface area contributed by atoms with Crippen LogP contribution in [0.4, 0.5) is 5.82 Å². The third kappa shape index (κ3) is 2.48. The fraction of sp³-hybridized carbons (Fsp3) is 0. The molecular weight excluding hydrogens is 342 g/mol. The zero-order valence-corrected chi connectivity index (χ0v) is 10.9. The van der Waals surface area contributed by atoms with E-state index in [-0.39, 0.29) is 11.7 Å². The van der Waals surface area contributed by atoms with Gasteiger partial charge < -0.3 is 9.73 Å². The first-order chi connectivity index (χ1) is 7.66. The van der Waals surface area contributed by atoms with Crippen molar-refractivity contribution in [3.63, 3.8) is 0 Å². The van der Waals surface area contributed by atoms with E-state index in [4.69, 9.17) is 4.42 Å². The average Bonchev–Trinajstić information content (AvgIpc) is 2.75. The third-order valence-corrected chi connectivity index (χ3v) is 2.61. The molecule has 0 atom stereocenters. The SMILES string of the molecule is O=C(Nc1ncc(Br)nc1Br)c1ccco1. The molecule has 0 bridgehead atoms. The molecule has 82 valence electrons. The highest BCUT2D eigenvalue weighted by Crippen LogP contribution is 2.19. The summed E-state index contributed by atoms with van der Waals surface area (Å²) in [4.78, 5) is 19.6. The van der Waals surface area contributed by atoms with Crippen LogP contribution in [0.3, 0.4) is 0 Å². The van der Waals surface area contributed by atoms with Gasteiger partial charge in [0, 0.05) is 0 Å². The van der Waals surface area contributed by atoms with Crippen molar-refractivity contribution in [3.05, 3.63) is 39.6 Å². The van der Waals surface area contributed by atoms with Gasteiger partial charge in [-0.25, -0.2) is 9.97 Å². The van der Waals surface area contributed by atoms with Gasteiger partial charge >= 0.3 is 0 Å². The Balaban J connectivity index is 2.18. The van der Waals surface area contributed by atoms with Crippen molar-refractivity contribution in [2.45, 2.75) is 0 Å². The zero-order valence-electron chi connectivity index (χ0n) is 7.78. The summed E-state index contributed by atoms with van der Waals surface area (Å²) in [7, 11) is 0. The second kappa shape index (κ2) is 4.75. The number of nitrogens with one attached hydrogen (secondary N) is 1. The van der Waals surface area contributed by atoms with E-state index in [0.717, 1.165) is 0 Å². The van der Waals surface area contributed by atoms with Crippen LogP contribution in [-0.2, 0) is 0 Å². The first-order valence-corrected chi connectivity index (χ1v) is 5.78. The van der Waals surface area contributed by atoms with Crippen molar-refractivity contribution in [1.29, 1.82) is 0 Å². The Hall–Kier alpha value is -1.21. The summed E-state index contributed by atoms with van der Waals surface area (Å²) in [6.45, 7) is 0. The Morgan fingerprint density at radius 2 is 2.25 bits per heavy atom. The standard InChI is InChI=1S/C9H5Br2N3O2/c10-6-4-12-8(7(11)13-6)14-9(15)5-2-1-3-16-5/h1-4H,(H,12,14,15). The molecule has 0 aliphatic heterocycles. The minimum atomic E-state index is -0.373. The van der Waals surface area contributed by atoms with E-state index in [1.807, 2.05) is 0 Å². The van der Waals surface area contributed by atoms with Crippen LogP contribution >= 0.6 is 31.9 Å². The minimum Gasteiger partial charge on any atom is -0.459 e. The molecule has 0 radical (unpaired) electrons. The lowest BCUT2D eigenvalue weighted by Gasteiger charge is -2.03. The second-order valence-corrected chi connectivity index (χ2v) is 4.33. The molecule has 0 spiro atoms. The Morgan fingerprint density at radius 1 is 1.44 bits per heavy atom. The maximum Gasteiger partial charge on any atom is 0.292 e. The van der Waals surface area contributed by atoms with E-state index in [9.17, 15) is 4.79 Å². The van der Waals surface area contributed by atoms with E-state index in [2.05, 4.69) is 47.1 Å². The van der Waals surface area contributed by atoms with Crippen molar-refractivity contribution in [2.24, 2.45) is 0 Å². The van der Waals surface area contributed by atoms with Crippen LogP contribution in [0.5, 0.6) is 0 Å². The van der Waals surface area contributed by atoms with E-state index >= 15 is 0 Å². The monoisotopic (exact) mass is 345 g/mol. The van der Waals surface area contributed by atoms with Crippen molar-refractivity contribution >= 4 is 43.6 Å². The Morgan fingerprint density at radius 3 is 2.88 bits per heavy atom. The second-order valence-electron chi connectivity index (χ2n) is 2.76. The maximum absolute atomic E-state index is 11.6. The smallest absolute Gasteiger partial charge is 0.292 e. The van der Waals surface area contributed by atoms with E-state index < -0.39 is 0 Å². The maximum atomic E-state index is 11.6. The van der Waals surface area contributed by atoms with Gasteiger partial charge in [-0.3, -0.25) is 4.79 Å². The lowest BCUT2D eigenvalue weighted by atomic mass is 10.4. The number of nitrogens with zero attached hydrogens (tertiary/aromatic N) is 2.